The van der Waals surface area contributed by atoms with Crippen molar-refractivity contribution >= 4 is 11.9 Å². The van der Waals surface area contributed by atoms with Gasteiger partial charge in [0.2, 0.25) is 0 Å². The Labute approximate surface area is 177 Å². The van der Waals surface area contributed by atoms with Crippen molar-refractivity contribution in [3.05, 3.63) is 78.8 Å². The van der Waals surface area contributed by atoms with Gasteiger partial charge in [-0.3, -0.25) is 14.8 Å². The van der Waals surface area contributed by atoms with E-state index in [4.69, 9.17) is 5.11 Å². The van der Waals surface area contributed by atoms with E-state index in [2.05, 4.69) is 19.8 Å². The second-order valence-electron chi connectivity index (χ2n) is 6.75. The van der Waals surface area contributed by atoms with Gasteiger partial charge >= 0.3 is 6.16 Å². The zero-order chi connectivity index (χ0) is 21.8. The van der Waals surface area contributed by atoms with Crippen molar-refractivity contribution in [3.8, 4) is 33.8 Å². The molecule has 4 rings (SSSR count). The lowest BCUT2D eigenvalue weighted by Gasteiger charge is -2.06. The van der Waals surface area contributed by atoms with Crippen LogP contribution in [-0.2, 0) is 11.5 Å². The molecule has 0 saturated heterocycles. The summed E-state index contributed by atoms with van der Waals surface area (Å²) in [5.74, 6) is 0.00394. The van der Waals surface area contributed by atoms with E-state index in [1.54, 1.807) is 30.7 Å². The number of benzene rings is 1. The van der Waals surface area contributed by atoms with E-state index in [-0.39, 0.29) is 12.5 Å². The number of pyridine rings is 2. The molecule has 0 aliphatic carbocycles. The normalized spacial score (nSPS) is 10.6. The highest BCUT2D eigenvalue weighted by Gasteiger charge is 2.16. The van der Waals surface area contributed by atoms with Crippen molar-refractivity contribution in [1.29, 1.82) is 0 Å². The van der Waals surface area contributed by atoms with Crippen LogP contribution < -0.4 is 0 Å². The molecule has 154 valence electrons. The minimum Gasteiger partial charge on any atom is -0.450 e. The maximum Gasteiger partial charge on any atom is 0.507 e. The summed E-state index contributed by atoms with van der Waals surface area (Å²) in [7, 11) is 0. The highest BCUT2D eigenvalue weighted by atomic mass is 16.7. The monoisotopic (exact) mass is 414 g/mol. The first kappa shape index (κ1) is 20.0. The molecule has 0 fully saturated rings. The van der Waals surface area contributed by atoms with Gasteiger partial charge in [-0.25, -0.2) is 9.48 Å². The molecule has 8 nitrogen and oxygen atoms in total. The lowest BCUT2D eigenvalue weighted by atomic mass is 10.0. The number of ether oxygens (including phenoxy) is 1. The third-order valence-corrected chi connectivity index (χ3v) is 4.65. The minimum atomic E-state index is -1.38. The zero-order valence-electron chi connectivity index (χ0n) is 16.6. The van der Waals surface area contributed by atoms with Crippen molar-refractivity contribution in [2.45, 2.75) is 13.7 Å². The van der Waals surface area contributed by atoms with Gasteiger partial charge in [0.25, 0.3) is 0 Å². The van der Waals surface area contributed by atoms with Gasteiger partial charge in [0.05, 0.1) is 11.4 Å². The maximum absolute atomic E-state index is 11.5. The fraction of sp³-hybridized carbons (Fsp3) is 0.0870. The summed E-state index contributed by atoms with van der Waals surface area (Å²) in [5.41, 5.74) is 5.08. The lowest BCUT2D eigenvalue weighted by molar-refractivity contribution is 0.0605. The number of Topliss-reactive ketones (excluding diaryl/α,β-unsaturated/α-hetero) is 1. The molecule has 0 amide bonds. The molecule has 1 N–H and O–H groups in total. The number of hydrogen-bond donors (Lipinski definition) is 1. The molecule has 0 bridgehead atoms. The lowest BCUT2D eigenvalue weighted by Crippen LogP contribution is -2.07. The molecule has 3 aromatic heterocycles. The average molecular weight is 414 g/mol. The van der Waals surface area contributed by atoms with E-state index < -0.39 is 6.16 Å². The van der Waals surface area contributed by atoms with Gasteiger partial charge in [-0.2, -0.15) is 5.10 Å². The molecule has 1 aromatic carbocycles. The topological polar surface area (TPSA) is 107 Å². The Kier molecular flexibility index (Phi) is 5.53. The fourth-order valence-electron chi connectivity index (χ4n) is 3.14. The van der Waals surface area contributed by atoms with Crippen molar-refractivity contribution in [3.63, 3.8) is 0 Å². The number of carboxylic acid groups (broad SMARTS) is 1. The highest BCUT2D eigenvalue weighted by Crippen LogP contribution is 2.32. The summed E-state index contributed by atoms with van der Waals surface area (Å²) in [5, 5.41) is 13.3. The van der Waals surface area contributed by atoms with Crippen LogP contribution in [-0.4, -0.2) is 36.8 Å². The van der Waals surface area contributed by atoms with Crippen LogP contribution in [0.2, 0.25) is 0 Å². The third-order valence-electron chi connectivity index (χ3n) is 4.65. The number of nitrogens with zero attached hydrogens (tertiary/aromatic N) is 4. The van der Waals surface area contributed by atoms with E-state index in [0.29, 0.717) is 17.0 Å². The summed E-state index contributed by atoms with van der Waals surface area (Å²) in [6.45, 7) is 1.29. The van der Waals surface area contributed by atoms with Crippen LogP contribution >= 0.6 is 0 Å². The van der Waals surface area contributed by atoms with Crippen molar-refractivity contribution in [1.82, 2.24) is 19.7 Å². The van der Waals surface area contributed by atoms with Crippen LogP contribution in [0.25, 0.3) is 33.8 Å². The summed E-state index contributed by atoms with van der Waals surface area (Å²) in [4.78, 5) is 31.1. The van der Waals surface area contributed by atoms with Gasteiger partial charge < -0.3 is 9.84 Å². The molecule has 0 saturated carbocycles. The number of rotatable bonds is 6. The van der Waals surface area contributed by atoms with Gasteiger partial charge in [-0.15, -0.1) is 0 Å². The molecular weight excluding hydrogens is 396 g/mol. The molecule has 0 radical (unpaired) electrons. The van der Waals surface area contributed by atoms with E-state index >= 15 is 0 Å². The summed E-state index contributed by atoms with van der Waals surface area (Å²) in [6, 6.07) is 16.5. The van der Waals surface area contributed by atoms with E-state index in [0.717, 1.165) is 22.4 Å². The fourth-order valence-corrected chi connectivity index (χ4v) is 3.14. The Morgan fingerprint density at radius 3 is 2.42 bits per heavy atom. The van der Waals surface area contributed by atoms with Crippen LogP contribution in [0.1, 0.15) is 17.3 Å². The Morgan fingerprint density at radius 1 is 0.968 bits per heavy atom. The summed E-state index contributed by atoms with van der Waals surface area (Å²) >= 11 is 0. The molecule has 0 aliphatic heterocycles. The van der Waals surface area contributed by atoms with Crippen molar-refractivity contribution in [2.24, 2.45) is 0 Å². The van der Waals surface area contributed by atoms with Gasteiger partial charge in [0.15, 0.2) is 12.5 Å². The Balaban J connectivity index is 1.75. The van der Waals surface area contributed by atoms with Gasteiger partial charge in [-0.05, 0) is 36.8 Å². The van der Waals surface area contributed by atoms with Crippen molar-refractivity contribution in [2.75, 3.05) is 0 Å². The van der Waals surface area contributed by atoms with Crippen molar-refractivity contribution < 1.29 is 19.4 Å². The largest absolute Gasteiger partial charge is 0.507 e. The van der Waals surface area contributed by atoms with Crippen LogP contribution in [0.4, 0.5) is 4.79 Å². The number of hydrogen-bond acceptors (Lipinski definition) is 6. The standard InChI is InChI=1S/C23H18N4O4/c1-15(28)16-5-7-17(8-6-16)21-12-18(9-11-25-21)19-13-27(14-31-23(29)30)26-22(19)20-4-2-3-10-24-20/h2-13H,14H2,1H3,(H,29,30). The Hall–Kier alpha value is -4.33. The smallest absolute Gasteiger partial charge is 0.450 e. The van der Waals surface area contributed by atoms with Gasteiger partial charge in [0, 0.05) is 35.3 Å². The number of carbonyl (C=O) groups is 2. The maximum atomic E-state index is 11.5. The number of carbonyl (C=O) groups excluding carboxylic acids is 1. The van der Waals surface area contributed by atoms with Crippen LogP contribution in [0.5, 0.6) is 0 Å². The predicted octanol–water partition coefficient (Wildman–Crippen LogP) is 4.53. The first-order valence-corrected chi connectivity index (χ1v) is 9.43. The molecular formula is C23H18N4O4. The Morgan fingerprint density at radius 2 is 1.74 bits per heavy atom. The van der Waals surface area contributed by atoms with Gasteiger partial charge in [0.1, 0.15) is 5.69 Å². The minimum absolute atomic E-state index is 0.00394. The Bertz CT molecular complexity index is 1230. The van der Waals surface area contributed by atoms with Gasteiger partial charge in [-0.1, -0.05) is 30.3 Å². The molecule has 31 heavy (non-hydrogen) atoms. The zero-order valence-corrected chi connectivity index (χ0v) is 16.6. The SMILES string of the molecule is CC(=O)c1ccc(-c2cc(-c3cn(COC(=O)O)nc3-c3ccccn3)ccn2)cc1. The second-order valence-corrected chi connectivity index (χ2v) is 6.75. The summed E-state index contributed by atoms with van der Waals surface area (Å²) < 4.78 is 6.06. The van der Waals surface area contributed by atoms with E-state index in [1.807, 2.05) is 42.5 Å². The first-order valence-electron chi connectivity index (χ1n) is 9.43. The molecule has 0 aliphatic rings. The average Bonchev–Trinajstić information content (AvgIpc) is 3.23. The van der Waals surface area contributed by atoms with Crippen LogP contribution in [0, 0.1) is 0 Å². The highest BCUT2D eigenvalue weighted by molar-refractivity contribution is 5.94. The molecule has 8 heteroatoms. The number of aromatic nitrogens is 4. The first-order chi connectivity index (χ1) is 15.0. The summed E-state index contributed by atoms with van der Waals surface area (Å²) in [6.07, 6.45) is 3.69. The predicted molar refractivity (Wildman–Crippen MR) is 113 cm³/mol. The molecule has 4 aromatic rings. The molecule has 0 atom stereocenters. The molecule has 0 spiro atoms. The van der Waals surface area contributed by atoms with E-state index in [1.165, 1.54) is 11.6 Å². The molecule has 3 heterocycles. The number of ketones is 1. The quantitative estimate of drug-likeness (QED) is 0.365. The van der Waals surface area contributed by atoms with E-state index in [9.17, 15) is 9.59 Å². The van der Waals surface area contributed by atoms with Crippen LogP contribution in [0.15, 0.2) is 73.2 Å². The second kappa shape index (κ2) is 8.58. The molecule has 0 unspecified atom stereocenters. The third kappa shape index (κ3) is 4.48. The van der Waals surface area contributed by atoms with Crippen LogP contribution in [0.3, 0.4) is 0 Å².